The molecule has 0 unspecified atom stereocenters. The van der Waals surface area contributed by atoms with Gasteiger partial charge in [-0.2, -0.15) is 0 Å². The summed E-state index contributed by atoms with van der Waals surface area (Å²) in [4.78, 5) is 36.9. The molecule has 4 aromatic rings. The van der Waals surface area contributed by atoms with Crippen molar-refractivity contribution in [2.24, 2.45) is 0 Å². The fourth-order valence-electron chi connectivity index (χ4n) is 3.46. The number of fused-ring (bicyclic) bond motifs is 1. The van der Waals surface area contributed by atoms with E-state index in [0.29, 0.717) is 17.1 Å². The maximum atomic E-state index is 13.1. The maximum absolute atomic E-state index is 13.1. The van der Waals surface area contributed by atoms with Crippen LogP contribution in [0.15, 0.2) is 75.9 Å². The molecule has 0 aliphatic heterocycles. The fourth-order valence-corrected chi connectivity index (χ4v) is 3.46. The average molecular weight is 474 g/mol. The highest BCUT2D eigenvalue weighted by Crippen LogP contribution is 2.44. The van der Waals surface area contributed by atoms with Crippen molar-refractivity contribution in [2.45, 2.75) is 20.5 Å². The summed E-state index contributed by atoms with van der Waals surface area (Å²) in [7, 11) is 1.57. The number of hydrogen-bond acceptors (Lipinski definition) is 8. The second kappa shape index (κ2) is 10.1. The largest absolute Gasteiger partial charge is 0.497 e. The summed E-state index contributed by atoms with van der Waals surface area (Å²) in [5, 5.41) is -0.0482. The number of ether oxygens (including phenoxy) is 4. The molecule has 0 fully saturated rings. The van der Waals surface area contributed by atoms with E-state index in [4.69, 9.17) is 23.4 Å². The first-order valence-electron chi connectivity index (χ1n) is 10.7. The minimum absolute atomic E-state index is 0.0482. The molecule has 8 nitrogen and oxygen atoms in total. The number of carbonyl (C=O) groups is 2. The van der Waals surface area contributed by atoms with Gasteiger partial charge in [0.25, 0.3) is 0 Å². The van der Waals surface area contributed by atoms with Crippen LogP contribution in [0, 0.1) is 0 Å². The van der Waals surface area contributed by atoms with Crippen LogP contribution < -0.4 is 24.4 Å². The molecule has 0 bridgehead atoms. The molecule has 3 aromatic carbocycles. The fraction of sp³-hybridized carbons (Fsp3) is 0.148. The van der Waals surface area contributed by atoms with Crippen LogP contribution in [0.25, 0.3) is 22.3 Å². The highest BCUT2D eigenvalue weighted by molar-refractivity contribution is 5.93. The molecule has 0 saturated carbocycles. The Kier molecular flexibility index (Phi) is 6.82. The Balaban J connectivity index is 1.88. The van der Waals surface area contributed by atoms with Gasteiger partial charge in [-0.3, -0.25) is 14.4 Å². The van der Waals surface area contributed by atoms with Crippen molar-refractivity contribution in [1.82, 2.24) is 0 Å². The SMILES string of the molecule is COc1ccc(COc2cc3oc(-c4ccccc4)cc(=O)c3c(OC(C)=O)c2OC(C)=O)cc1. The van der Waals surface area contributed by atoms with Crippen LogP contribution in [-0.2, 0) is 16.2 Å². The standard InChI is InChI=1S/C27H22O8/c1-16(28)33-26-24(32-15-18-9-11-20(31-3)12-10-18)14-23-25(27(26)34-17(2)29)21(30)13-22(35-23)19-7-5-4-6-8-19/h4-14H,15H2,1-3H3. The Morgan fingerprint density at radius 1 is 0.857 bits per heavy atom. The molecule has 0 amide bonds. The summed E-state index contributed by atoms with van der Waals surface area (Å²) >= 11 is 0. The van der Waals surface area contributed by atoms with Crippen molar-refractivity contribution in [3.05, 3.63) is 82.5 Å². The van der Waals surface area contributed by atoms with Crippen molar-refractivity contribution in [2.75, 3.05) is 7.11 Å². The van der Waals surface area contributed by atoms with Crippen molar-refractivity contribution in [1.29, 1.82) is 0 Å². The maximum Gasteiger partial charge on any atom is 0.308 e. The number of benzene rings is 3. The highest BCUT2D eigenvalue weighted by Gasteiger charge is 2.25. The number of esters is 2. The summed E-state index contributed by atoms with van der Waals surface area (Å²) in [5.74, 6) is -0.758. The number of rotatable bonds is 7. The molecular weight excluding hydrogens is 452 g/mol. The first-order valence-corrected chi connectivity index (χ1v) is 10.7. The van der Waals surface area contributed by atoms with Crippen molar-refractivity contribution in [3.8, 4) is 34.3 Å². The third kappa shape index (κ3) is 5.33. The lowest BCUT2D eigenvalue weighted by atomic mass is 10.1. The highest BCUT2D eigenvalue weighted by atomic mass is 16.6. The quantitative estimate of drug-likeness (QED) is 0.275. The second-order valence-electron chi connectivity index (χ2n) is 7.57. The van der Waals surface area contributed by atoms with Gasteiger partial charge >= 0.3 is 11.9 Å². The van der Waals surface area contributed by atoms with Crippen LogP contribution >= 0.6 is 0 Å². The lowest BCUT2D eigenvalue weighted by Gasteiger charge is -2.16. The molecule has 8 heteroatoms. The Morgan fingerprint density at radius 2 is 1.51 bits per heavy atom. The zero-order valence-corrected chi connectivity index (χ0v) is 19.3. The summed E-state index contributed by atoms with van der Waals surface area (Å²) in [5.41, 5.74) is 1.11. The average Bonchev–Trinajstić information content (AvgIpc) is 2.84. The minimum Gasteiger partial charge on any atom is -0.497 e. The van der Waals surface area contributed by atoms with Crippen molar-refractivity contribution in [3.63, 3.8) is 0 Å². The zero-order chi connectivity index (χ0) is 24.9. The van der Waals surface area contributed by atoms with E-state index in [1.54, 1.807) is 31.4 Å². The minimum atomic E-state index is -0.710. The summed E-state index contributed by atoms with van der Waals surface area (Å²) in [6.07, 6.45) is 0. The van der Waals surface area contributed by atoms with Gasteiger partial charge in [-0.15, -0.1) is 0 Å². The van der Waals surface area contributed by atoms with Gasteiger partial charge < -0.3 is 23.4 Å². The van der Waals surface area contributed by atoms with E-state index in [9.17, 15) is 14.4 Å². The summed E-state index contributed by atoms with van der Waals surface area (Å²) < 4.78 is 27.8. The third-order valence-electron chi connectivity index (χ3n) is 5.00. The molecule has 4 rings (SSSR count). The van der Waals surface area contributed by atoms with Crippen LogP contribution in [0.1, 0.15) is 19.4 Å². The number of carbonyl (C=O) groups excluding carboxylic acids is 2. The molecule has 0 N–H and O–H groups in total. The molecule has 0 aliphatic carbocycles. The van der Waals surface area contributed by atoms with Crippen LogP contribution in [0.2, 0.25) is 0 Å². The normalized spacial score (nSPS) is 10.6. The van der Waals surface area contributed by atoms with Crippen LogP contribution in [0.3, 0.4) is 0 Å². The van der Waals surface area contributed by atoms with E-state index >= 15 is 0 Å². The van der Waals surface area contributed by atoms with E-state index in [-0.39, 0.29) is 34.8 Å². The predicted molar refractivity (Wildman–Crippen MR) is 128 cm³/mol. The molecule has 0 atom stereocenters. The molecule has 0 saturated heterocycles. The van der Waals surface area contributed by atoms with Gasteiger partial charge in [0.15, 0.2) is 16.9 Å². The molecule has 0 spiro atoms. The topological polar surface area (TPSA) is 101 Å². The first kappa shape index (κ1) is 23.6. The zero-order valence-electron chi connectivity index (χ0n) is 19.3. The molecule has 35 heavy (non-hydrogen) atoms. The monoisotopic (exact) mass is 474 g/mol. The van der Waals surface area contributed by atoms with Gasteiger partial charge in [0.1, 0.15) is 29.1 Å². The molecule has 0 radical (unpaired) electrons. The van der Waals surface area contributed by atoms with E-state index in [2.05, 4.69) is 0 Å². The Bertz CT molecular complexity index is 1440. The molecule has 1 aromatic heterocycles. The van der Waals surface area contributed by atoms with E-state index < -0.39 is 17.4 Å². The predicted octanol–water partition coefficient (Wildman–Crippen LogP) is 4.90. The van der Waals surface area contributed by atoms with E-state index in [1.807, 2.05) is 30.3 Å². The van der Waals surface area contributed by atoms with Gasteiger partial charge in [0.05, 0.1) is 7.11 Å². The second-order valence-corrected chi connectivity index (χ2v) is 7.57. The van der Waals surface area contributed by atoms with Gasteiger partial charge in [0.2, 0.25) is 5.75 Å². The molecule has 1 heterocycles. The third-order valence-corrected chi connectivity index (χ3v) is 5.00. The van der Waals surface area contributed by atoms with Gasteiger partial charge in [-0.05, 0) is 17.7 Å². The van der Waals surface area contributed by atoms with E-state index in [0.717, 1.165) is 5.56 Å². The Labute approximate surface area is 200 Å². The molecule has 0 aliphatic rings. The summed E-state index contributed by atoms with van der Waals surface area (Å²) in [6, 6.07) is 19.0. The van der Waals surface area contributed by atoms with Gasteiger partial charge in [0, 0.05) is 31.5 Å². The Morgan fingerprint density at radius 3 is 2.14 bits per heavy atom. The van der Waals surface area contributed by atoms with Crippen LogP contribution in [-0.4, -0.2) is 19.0 Å². The van der Waals surface area contributed by atoms with Gasteiger partial charge in [-0.25, -0.2) is 0 Å². The number of methoxy groups -OCH3 is 1. The molecular formula is C27H22O8. The van der Waals surface area contributed by atoms with E-state index in [1.165, 1.54) is 26.0 Å². The summed E-state index contributed by atoms with van der Waals surface area (Å²) in [6.45, 7) is 2.45. The van der Waals surface area contributed by atoms with Gasteiger partial charge in [-0.1, -0.05) is 42.5 Å². The number of hydrogen-bond donors (Lipinski definition) is 0. The lowest BCUT2D eigenvalue weighted by molar-refractivity contribution is -0.134. The lowest BCUT2D eigenvalue weighted by Crippen LogP contribution is -2.12. The Hall–Kier alpha value is -4.59. The molecule has 178 valence electrons. The van der Waals surface area contributed by atoms with Crippen LogP contribution in [0.5, 0.6) is 23.0 Å². The smallest absolute Gasteiger partial charge is 0.308 e. The first-order chi connectivity index (χ1) is 16.9. The van der Waals surface area contributed by atoms with Crippen molar-refractivity contribution < 1.29 is 33.0 Å². The van der Waals surface area contributed by atoms with Crippen LogP contribution in [0.4, 0.5) is 0 Å². The van der Waals surface area contributed by atoms with Crippen molar-refractivity contribution >= 4 is 22.9 Å².